The van der Waals surface area contributed by atoms with Crippen LogP contribution in [-0.4, -0.2) is 30.7 Å². The molecule has 0 aliphatic heterocycles. The van der Waals surface area contributed by atoms with E-state index < -0.39 is 11.9 Å². The SMILES string of the molecule is N#CCNC(=O)[C@H](CC1CCCCC1)NC(=O)c1cccc(C=O)c1. The second-order valence-corrected chi connectivity index (χ2v) is 6.39. The largest absolute Gasteiger partial charge is 0.341 e. The number of hydrogen-bond donors (Lipinski definition) is 2. The van der Waals surface area contributed by atoms with Gasteiger partial charge in [-0.3, -0.25) is 14.4 Å². The fourth-order valence-corrected chi connectivity index (χ4v) is 3.23. The van der Waals surface area contributed by atoms with Crippen molar-refractivity contribution in [3.8, 4) is 6.07 Å². The number of nitrogens with zero attached hydrogens (tertiary/aromatic N) is 1. The van der Waals surface area contributed by atoms with Crippen LogP contribution in [0.3, 0.4) is 0 Å². The van der Waals surface area contributed by atoms with Crippen molar-refractivity contribution in [2.75, 3.05) is 6.54 Å². The van der Waals surface area contributed by atoms with Crippen LogP contribution in [0.5, 0.6) is 0 Å². The van der Waals surface area contributed by atoms with Crippen molar-refractivity contribution in [3.63, 3.8) is 0 Å². The van der Waals surface area contributed by atoms with Crippen LogP contribution in [0.1, 0.15) is 59.2 Å². The van der Waals surface area contributed by atoms with Gasteiger partial charge in [0.05, 0.1) is 6.07 Å². The van der Waals surface area contributed by atoms with E-state index in [1.807, 2.05) is 6.07 Å². The van der Waals surface area contributed by atoms with Crippen molar-refractivity contribution in [2.24, 2.45) is 5.92 Å². The number of hydrogen-bond acceptors (Lipinski definition) is 4. The van der Waals surface area contributed by atoms with Gasteiger partial charge in [-0.25, -0.2) is 0 Å². The quantitative estimate of drug-likeness (QED) is 0.586. The minimum Gasteiger partial charge on any atom is -0.341 e. The zero-order valence-electron chi connectivity index (χ0n) is 14.2. The van der Waals surface area contributed by atoms with Crippen LogP contribution >= 0.6 is 0 Å². The van der Waals surface area contributed by atoms with Gasteiger partial charge in [0.15, 0.2) is 0 Å². The number of rotatable bonds is 7. The van der Waals surface area contributed by atoms with Gasteiger partial charge in [-0.2, -0.15) is 5.26 Å². The van der Waals surface area contributed by atoms with E-state index in [1.54, 1.807) is 18.2 Å². The Morgan fingerprint density at radius 3 is 2.72 bits per heavy atom. The minimum atomic E-state index is -0.677. The van der Waals surface area contributed by atoms with Gasteiger partial charge < -0.3 is 10.6 Å². The molecule has 0 aromatic heterocycles. The lowest BCUT2D eigenvalue weighted by atomic mass is 9.84. The Bertz CT molecular complexity index is 660. The number of carbonyl (C=O) groups is 3. The Morgan fingerprint density at radius 2 is 2.04 bits per heavy atom. The van der Waals surface area contributed by atoms with Crippen LogP contribution in [0.2, 0.25) is 0 Å². The molecule has 1 saturated carbocycles. The van der Waals surface area contributed by atoms with Crippen molar-refractivity contribution < 1.29 is 14.4 Å². The highest BCUT2D eigenvalue weighted by Gasteiger charge is 2.26. The molecule has 2 amide bonds. The van der Waals surface area contributed by atoms with Crippen molar-refractivity contribution in [1.82, 2.24) is 10.6 Å². The van der Waals surface area contributed by atoms with E-state index in [0.29, 0.717) is 29.8 Å². The van der Waals surface area contributed by atoms with Gasteiger partial charge in [-0.05, 0) is 24.5 Å². The molecule has 1 aliphatic rings. The number of carbonyl (C=O) groups excluding carboxylic acids is 3. The van der Waals surface area contributed by atoms with Crippen LogP contribution in [0.25, 0.3) is 0 Å². The zero-order chi connectivity index (χ0) is 18.1. The van der Waals surface area contributed by atoms with E-state index in [4.69, 9.17) is 5.26 Å². The predicted octanol–water partition coefficient (Wildman–Crippen LogP) is 2.21. The van der Waals surface area contributed by atoms with E-state index in [-0.39, 0.29) is 12.5 Å². The van der Waals surface area contributed by atoms with Crippen LogP contribution < -0.4 is 10.6 Å². The topological polar surface area (TPSA) is 99.1 Å². The maximum Gasteiger partial charge on any atom is 0.251 e. The van der Waals surface area contributed by atoms with Crippen molar-refractivity contribution in [3.05, 3.63) is 35.4 Å². The summed E-state index contributed by atoms with van der Waals surface area (Å²) in [5.41, 5.74) is 0.747. The lowest BCUT2D eigenvalue weighted by Crippen LogP contribution is -2.48. The smallest absolute Gasteiger partial charge is 0.251 e. The zero-order valence-corrected chi connectivity index (χ0v) is 14.2. The molecule has 0 heterocycles. The molecule has 1 aromatic rings. The van der Waals surface area contributed by atoms with Gasteiger partial charge >= 0.3 is 0 Å². The molecule has 25 heavy (non-hydrogen) atoms. The molecule has 0 saturated heterocycles. The van der Waals surface area contributed by atoms with E-state index in [0.717, 1.165) is 25.7 Å². The third-order valence-electron chi connectivity index (χ3n) is 4.54. The summed E-state index contributed by atoms with van der Waals surface area (Å²) in [4.78, 5) is 35.7. The Hall–Kier alpha value is -2.68. The van der Waals surface area contributed by atoms with Crippen LogP contribution in [0.4, 0.5) is 0 Å². The highest BCUT2D eigenvalue weighted by molar-refractivity contribution is 5.98. The second kappa shape index (κ2) is 9.58. The summed E-state index contributed by atoms with van der Waals surface area (Å²) in [5.74, 6) is -0.336. The van der Waals surface area contributed by atoms with Crippen LogP contribution in [0, 0.1) is 17.2 Å². The van der Waals surface area contributed by atoms with Gasteiger partial charge in [0.1, 0.15) is 18.9 Å². The normalized spacial score (nSPS) is 15.6. The molecule has 132 valence electrons. The lowest BCUT2D eigenvalue weighted by molar-refractivity contribution is -0.123. The van der Waals surface area contributed by atoms with Gasteiger partial charge in [-0.15, -0.1) is 0 Å². The van der Waals surface area contributed by atoms with E-state index in [2.05, 4.69) is 10.6 Å². The molecule has 1 fully saturated rings. The first-order chi connectivity index (χ1) is 12.1. The fraction of sp³-hybridized carbons (Fsp3) is 0.474. The van der Waals surface area contributed by atoms with Crippen LogP contribution in [0.15, 0.2) is 24.3 Å². The molecule has 6 nitrogen and oxygen atoms in total. The van der Waals surface area contributed by atoms with Gasteiger partial charge in [0.2, 0.25) is 5.91 Å². The van der Waals surface area contributed by atoms with Gasteiger partial charge in [0.25, 0.3) is 5.91 Å². The molecular formula is C19H23N3O3. The summed E-state index contributed by atoms with van der Waals surface area (Å²) in [6, 6.07) is 7.54. The Kier molecular flexibility index (Phi) is 7.15. The summed E-state index contributed by atoms with van der Waals surface area (Å²) in [6.45, 7) is -0.0868. The second-order valence-electron chi connectivity index (χ2n) is 6.39. The first-order valence-corrected chi connectivity index (χ1v) is 8.65. The minimum absolute atomic E-state index is 0.0868. The molecule has 0 bridgehead atoms. The standard InChI is InChI=1S/C19H23N3O3/c20-9-10-21-19(25)17(12-14-5-2-1-3-6-14)22-18(24)16-8-4-7-15(11-16)13-23/h4,7-8,11,13-14,17H,1-3,5-6,10,12H2,(H,21,25)(H,22,24)/t17-/m0/s1. The first-order valence-electron chi connectivity index (χ1n) is 8.65. The number of amides is 2. The average molecular weight is 341 g/mol. The first kappa shape index (κ1) is 18.7. The number of aldehydes is 1. The number of benzene rings is 1. The Morgan fingerprint density at radius 1 is 1.28 bits per heavy atom. The molecule has 0 unspecified atom stereocenters. The lowest BCUT2D eigenvalue weighted by Gasteiger charge is -2.26. The molecular weight excluding hydrogens is 318 g/mol. The van der Waals surface area contributed by atoms with Gasteiger partial charge in [-0.1, -0.05) is 44.2 Å². The molecule has 1 aliphatic carbocycles. The third-order valence-corrected chi connectivity index (χ3v) is 4.54. The van der Waals surface area contributed by atoms with Gasteiger partial charge in [0, 0.05) is 11.1 Å². The molecule has 0 radical (unpaired) electrons. The van der Waals surface area contributed by atoms with E-state index >= 15 is 0 Å². The van der Waals surface area contributed by atoms with E-state index in [9.17, 15) is 14.4 Å². The summed E-state index contributed by atoms with van der Waals surface area (Å²) < 4.78 is 0. The highest BCUT2D eigenvalue weighted by Crippen LogP contribution is 2.27. The summed E-state index contributed by atoms with van der Waals surface area (Å²) in [7, 11) is 0. The van der Waals surface area contributed by atoms with Crippen LogP contribution in [-0.2, 0) is 4.79 Å². The van der Waals surface area contributed by atoms with Crippen molar-refractivity contribution >= 4 is 18.1 Å². The summed E-state index contributed by atoms with van der Waals surface area (Å²) >= 11 is 0. The molecule has 1 aromatic carbocycles. The average Bonchev–Trinajstić information content (AvgIpc) is 2.66. The molecule has 1 atom stereocenters. The maximum absolute atomic E-state index is 12.5. The Balaban J connectivity index is 2.07. The fourth-order valence-electron chi connectivity index (χ4n) is 3.23. The number of nitrogens with one attached hydrogen (secondary N) is 2. The van der Waals surface area contributed by atoms with Crippen molar-refractivity contribution in [2.45, 2.75) is 44.6 Å². The third kappa shape index (κ3) is 5.71. The number of nitriles is 1. The van der Waals surface area contributed by atoms with E-state index in [1.165, 1.54) is 12.5 Å². The highest BCUT2D eigenvalue weighted by atomic mass is 16.2. The summed E-state index contributed by atoms with van der Waals surface area (Å²) in [6.07, 6.45) is 6.86. The molecule has 0 spiro atoms. The predicted molar refractivity (Wildman–Crippen MR) is 92.9 cm³/mol. The Labute approximate surface area is 147 Å². The molecule has 6 heteroatoms. The maximum atomic E-state index is 12.5. The molecule has 2 rings (SSSR count). The molecule has 2 N–H and O–H groups in total. The van der Waals surface area contributed by atoms with Crippen molar-refractivity contribution in [1.29, 1.82) is 5.26 Å². The summed E-state index contributed by atoms with van der Waals surface area (Å²) in [5, 5.41) is 13.9. The monoisotopic (exact) mass is 341 g/mol.